The van der Waals surface area contributed by atoms with Gasteiger partial charge in [-0.25, -0.2) is 19.9 Å². The third-order valence-corrected chi connectivity index (χ3v) is 5.47. The Hall–Kier alpha value is -1.87. The van der Waals surface area contributed by atoms with Crippen molar-refractivity contribution in [1.29, 1.82) is 0 Å². The number of hydrogen-bond donors (Lipinski definition) is 0. The standard InChI is InChI=1S/C15H9IN4OS/c1-21-9-4-2-3-8(7-9)14-19-10-11-15(18-6-5-17-11)22-12(10)13(16)20-14/h2-7H,1H3. The second-order valence-electron chi connectivity index (χ2n) is 4.56. The van der Waals surface area contributed by atoms with E-state index in [1.165, 1.54) is 0 Å². The van der Waals surface area contributed by atoms with Gasteiger partial charge >= 0.3 is 0 Å². The first-order valence-corrected chi connectivity index (χ1v) is 8.37. The fourth-order valence-electron chi connectivity index (χ4n) is 2.22. The van der Waals surface area contributed by atoms with Crippen molar-refractivity contribution in [3.8, 4) is 17.1 Å². The Morgan fingerprint density at radius 1 is 1.09 bits per heavy atom. The molecule has 5 nitrogen and oxygen atoms in total. The van der Waals surface area contributed by atoms with Gasteiger partial charge in [-0.15, -0.1) is 11.3 Å². The van der Waals surface area contributed by atoms with Crippen molar-refractivity contribution in [3.05, 3.63) is 40.4 Å². The van der Waals surface area contributed by atoms with Crippen LogP contribution in [0.2, 0.25) is 0 Å². The van der Waals surface area contributed by atoms with Crippen LogP contribution >= 0.6 is 33.9 Å². The van der Waals surface area contributed by atoms with E-state index in [9.17, 15) is 0 Å². The van der Waals surface area contributed by atoms with E-state index in [0.717, 1.165) is 35.6 Å². The van der Waals surface area contributed by atoms with Crippen LogP contribution in [-0.2, 0) is 0 Å². The van der Waals surface area contributed by atoms with Crippen molar-refractivity contribution in [2.75, 3.05) is 7.11 Å². The minimum absolute atomic E-state index is 0.668. The fraction of sp³-hybridized carbons (Fsp3) is 0.0667. The highest BCUT2D eigenvalue weighted by Gasteiger charge is 2.15. The van der Waals surface area contributed by atoms with Crippen LogP contribution in [-0.4, -0.2) is 27.0 Å². The fourth-order valence-corrected chi connectivity index (χ4v) is 3.96. The molecule has 0 aliphatic carbocycles. The molecule has 7 heteroatoms. The maximum atomic E-state index is 5.27. The van der Waals surface area contributed by atoms with Gasteiger partial charge in [0.25, 0.3) is 0 Å². The van der Waals surface area contributed by atoms with E-state index < -0.39 is 0 Å². The summed E-state index contributed by atoms with van der Waals surface area (Å²) in [4.78, 5) is 19.0. The zero-order chi connectivity index (χ0) is 15.1. The van der Waals surface area contributed by atoms with E-state index in [2.05, 4.69) is 37.5 Å². The lowest BCUT2D eigenvalue weighted by Crippen LogP contribution is -1.93. The lowest BCUT2D eigenvalue weighted by atomic mass is 10.2. The van der Waals surface area contributed by atoms with Gasteiger partial charge in [0.05, 0.1) is 11.8 Å². The Kier molecular flexibility index (Phi) is 3.38. The lowest BCUT2D eigenvalue weighted by Gasteiger charge is -2.04. The van der Waals surface area contributed by atoms with Gasteiger partial charge in [0.15, 0.2) is 5.82 Å². The van der Waals surface area contributed by atoms with Crippen molar-refractivity contribution >= 4 is 54.5 Å². The lowest BCUT2D eigenvalue weighted by molar-refractivity contribution is 0.415. The summed E-state index contributed by atoms with van der Waals surface area (Å²) in [6.07, 6.45) is 3.38. The molecular formula is C15H9IN4OS. The molecule has 0 bridgehead atoms. The molecule has 0 fully saturated rings. The molecule has 0 amide bonds. The van der Waals surface area contributed by atoms with E-state index in [1.807, 2.05) is 24.3 Å². The average molecular weight is 420 g/mol. The molecule has 0 aliphatic heterocycles. The number of fused-ring (bicyclic) bond motifs is 3. The first-order valence-electron chi connectivity index (χ1n) is 6.47. The SMILES string of the molecule is COc1cccc(-c2nc(I)c3sc4nccnc4c3n2)c1. The van der Waals surface area contributed by atoms with E-state index in [4.69, 9.17) is 9.72 Å². The van der Waals surface area contributed by atoms with Gasteiger partial charge in [-0.05, 0) is 34.7 Å². The number of thiophene rings is 1. The highest BCUT2D eigenvalue weighted by molar-refractivity contribution is 14.1. The summed E-state index contributed by atoms with van der Waals surface area (Å²) in [5.41, 5.74) is 2.60. The summed E-state index contributed by atoms with van der Waals surface area (Å²) in [7, 11) is 1.65. The number of methoxy groups -OCH3 is 1. The van der Waals surface area contributed by atoms with Crippen LogP contribution in [0.4, 0.5) is 0 Å². The van der Waals surface area contributed by atoms with Gasteiger partial charge in [-0.2, -0.15) is 0 Å². The summed E-state index contributed by atoms with van der Waals surface area (Å²) in [6, 6.07) is 7.73. The second kappa shape index (κ2) is 5.40. The molecule has 0 unspecified atom stereocenters. The largest absolute Gasteiger partial charge is 0.497 e. The number of hydrogen-bond acceptors (Lipinski definition) is 6. The number of nitrogens with zero attached hydrogens (tertiary/aromatic N) is 4. The van der Waals surface area contributed by atoms with E-state index >= 15 is 0 Å². The molecule has 4 rings (SSSR count). The maximum Gasteiger partial charge on any atom is 0.161 e. The molecule has 3 aromatic heterocycles. The Bertz CT molecular complexity index is 1000. The van der Waals surface area contributed by atoms with Gasteiger partial charge in [-0.1, -0.05) is 12.1 Å². The van der Waals surface area contributed by atoms with Crippen molar-refractivity contribution in [1.82, 2.24) is 19.9 Å². The highest BCUT2D eigenvalue weighted by atomic mass is 127. The van der Waals surface area contributed by atoms with Crippen LogP contribution in [0.1, 0.15) is 0 Å². The Balaban J connectivity index is 2.00. The van der Waals surface area contributed by atoms with Crippen molar-refractivity contribution in [3.63, 3.8) is 0 Å². The van der Waals surface area contributed by atoms with Gasteiger partial charge < -0.3 is 4.74 Å². The van der Waals surface area contributed by atoms with Gasteiger partial charge in [-0.3, -0.25) is 0 Å². The van der Waals surface area contributed by atoms with Crippen molar-refractivity contribution in [2.45, 2.75) is 0 Å². The third kappa shape index (κ3) is 2.20. The smallest absolute Gasteiger partial charge is 0.161 e. The predicted molar refractivity (Wildman–Crippen MR) is 95.2 cm³/mol. The van der Waals surface area contributed by atoms with E-state index in [-0.39, 0.29) is 0 Å². The normalized spacial score (nSPS) is 11.2. The van der Waals surface area contributed by atoms with Crippen LogP contribution in [0.3, 0.4) is 0 Å². The number of rotatable bonds is 2. The Morgan fingerprint density at radius 3 is 2.82 bits per heavy atom. The molecule has 0 saturated heterocycles. The van der Waals surface area contributed by atoms with Crippen LogP contribution in [0.5, 0.6) is 5.75 Å². The summed E-state index contributed by atoms with van der Waals surface area (Å²) in [5, 5.41) is 0. The number of halogens is 1. The predicted octanol–water partition coefficient (Wildman–Crippen LogP) is 3.91. The molecule has 108 valence electrons. The molecule has 0 saturated carbocycles. The number of aromatic nitrogens is 4. The first-order chi connectivity index (χ1) is 10.8. The monoisotopic (exact) mass is 420 g/mol. The molecule has 0 spiro atoms. The molecule has 0 atom stereocenters. The van der Waals surface area contributed by atoms with Crippen LogP contribution in [0, 0.1) is 3.70 Å². The summed E-state index contributed by atoms with van der Waals surface area (Å²) >= 11 is 3.80. The highest BCUT2D eigenvalue weighted by Crippen LogP contribution is 2.34. The van der Waals surface area contributed by atoms with E-state index in [1.54, 1.807) is 30.8 Å². The summed E-state index contributed by atoms with van der Waals surface area (Å²) in [5.74, 6) is 1.45. The third-order valence-electron chi connectivity index (χ3n) is 3.24. The maximum absolute atomic E-state index is 5.27. The van der Waals surface area contributed by atoms with Crippen molar-refractivity contribution < 1.29 is 4.74 Å². The molecule has 0 radical (unpaired) electrons. The average Bonchev–Trinajstić information content (AvgIpc) is 2.94. The van der Waals surface area contributed by atoms with Gasteiger partial charge in [0, 0.05) is 18.0 Å². The topological polar surface area (TPSA) is 60.8 Å². The molecule has 22 heavy (non-hydrogen) atoms. The number of ether oxygens (including phenoxy) is 1. The minimum Gasteiger partial charge on any atom is -0.497 e. The molecule has 0 aliphatic rings. The Morgan fingerprint density at radius 2 is 1.95 bits per heavy atom. The summed E-state index contributed by atoms with van der Waals surface area (Å²) in [6.45, 7) is 0. The van der Waals surface area contributed by atoms with Crippen LogP contribution in [0.15, 0.2) is 36.7 Å². The zero-order valence-corrected chi connectivity index (χ0v) is 14.4. The van der Waals surface area contributed by atoms with Crippen molar-refractivity contribution in [2.24, 2.45) is 0 Å². The first kappa shape index (κ1) is 13.8. The molecule has 3 heterocycles. The van der Waals surface area contributed by atoms with Crippen LogP contribution < -0.4 is 4.74 Å². The van der Waals surface area contributed by atoms with E-state index in [0.29, 0.717) is 5.82 Å². The molecule has 0 N–H and O–H groups in total. The second-order valence-corrected chi connectivity index (χ2v) is 6.58. The molecule has 4 aromatic rings. The quantitative estimate of drug-likeness (QED) is 0.364. The number of benzene rings is 1. The summed E-state index contributed by atoms with van der Waals surface area (Å²) < 4.78 is 7.20. The Labute approximate surface area is 143 Å². The molecular weight excluding hydrogens is 411 g/mol. The van der Waals surface area contributed by atoms with Gasteiger partial charge in [0.2, 0.25) is 0 Å². The minimum atomic E-state index is 0.668. The van der Waals surface area contributed by atoms with Gasteiger partial charge in [0.1, 0.15) is 25.3 Å². The van der Waals surface area contributed by atoms with Crippen LogP contribution in [0.25, 0.3) is 32.0 Å². The molecule has 1 aromatic carbocycles. The zero-order valence-electron chi connectivity index (χ0n) is 11.4.